The van der Waals surface area contributed by atoms with Gasteiger partial charge in [0.25, 0.3) is 7.82 Å². The van der Waals surface area contributed by atoms with Gasteiger partial charge in [0.2, 0.25) is 5.91 Å². The molecular weight excluding hydrogens is 1060 g/mol. The van der Waals surface area contributed by atoms with Crippen molar-refractivity contribution in [3.63, 3.8) is 0 Å². The Hall–Kier alpha value is -3.88. The molecule has 84 heavy (non-hydrogen) atoms. The highest BCUT2D eigenvalue weighted by Crippen LogP contribution is 2.38. The Morgan fingerprint density at radius 2 is 0.738 bits per heavy atom. The number of hydrogen-bond donors (Lipinski definition) is 2. The van der Waals surface area contributed by atoms with Crippen LogP contribution in [0.1, 0.15) is 258 Å². The summed E-state index contributed by atoms with van der Waals surface area (Å²) in [5.74, 6) is -0.259. The van der Waals surface area contributed by atoms with Crippen molar-refractivity contribution in [3.8, 4) is 0 Å². The molecule has 0 aromatic rings. The largest absolute Gasteiger partial charge is 0.756 e. The quantitative estimate of drug-likeness (QED) is 0.0272. The van der Waals surface area contributed by atoms with E-state index < -0.39 is 26.6 Å². The number of rotatable bonds is 60. The van der Waals surface area contributed by atoms with Crippen LogP contribution in [0.2, 0.25) is 0 Å². The molecule has 0 aromatic carbocycles. The van der Waals surface area contributed by atoms with Gasteiger partial charge in [0, 0.05) is 6.42 Å². The Morgan fingerprint density at radius 3 is 1.11 bits per heavy atom. The number of phosphoric ester groups is 1. The van der Waals surface area contributed by atoms with Gasteiger partial charge in [-0.15, -0.1) is 0 Å². The van der Waals surface area contributed by atoms with Crippen molar-refractivity contribution in [2.45, 2.75) is 270 Å². The minimum atomic E-state index is -4.64. The minimum absolute atomic E-state index is 0.0267. The summed E-state index contributed by atoms with van der Waals surface area (Å²) >= 11 is 0. The summed E-state index contributed by atoms with van der Waals surface area (Å²) in [6, 6.07) is -0.948. The highest BCUT2D eigenvalue weighted by atomic mass is 31.2. The minimum Gasteiger partial charge on any atom is -0.756 e. The Labute approximate surface area is 518 Å². The van der Waals surface area contributed by atoms with E-state index >= 15 is 0 Å². The summed E-state index contributed by atoms with van der Waals surface area (Å²) in [6.07, 6.45) is 99.4. The number of allylic oxidation sites excluding steroid dienone is 25. The van der Waals surface area contributed by atoms with Crippen LogP contribution in [0, 0.1) is 0 Å². The summed E-state index contributed by atoms with van der Waals surface area (Å²) < 4.78 is 23.4. The maximum Gasteiger partial charge on any atom is 0.268 e. The molecule has 2 N–H and O–H groups in total. The topological polar surface area (TPSA) is 108 Å². The van der Waals surface area contributed by atoms with E-state index in [-0.39, 0.29) is 18.9 Å². The third kappa shape index (κ3) is 65.7. The molecule has 0 aliphatic heterocycles. The van der Waals surface area contributed by atoms with E-state index in [2.05, 4.69) is 165 Å². The van der Waals surface area contributed by atoms with Gasteiger partial charge in [0.05, 0.1) is 39.9 Å². The van der Waals surface area contributed by atoms with E-state index in [1.165, 1.54) is 128 Å². The number of amides is 1. The zero-order valence-corrected chi connectivity index (χ0v) is 55.4. The van der Waals surface area contributed by atoms with Gasteiger partial charge in [-0.25, -0.2) is 0 Å². The van der Waals surface area contributed by atoms with Crippen molar-refractivity contribution in [2.24, 2.45) is 0 Å². The highest BCUT2D eigenvalue weighted by Gasteiger charge is 2.23. The van der Waals surface area contributed by atoms with Gasteiger partial charge in [-0.2, -0.15) is 0 Å². The van der Waals surface area contributed by atoms with Gasteiger partial charge in [0.15, 0.2) is 0 Å². The molecule has 3 atom stereocenters. The van der Waals surface area contributed by atoms with E-state index in [4.69, 9.17) is 9.05 Å². The number of nitrogens with one attached hydrogen (secondary N) is 1. The van der Waals surface area contributed by atoms with Gasteiger partial charge in [-0.1, -0.05) is 287 Å². The van der Waals surface area contributed by atoms with Crippen molar-refractivity contribution in [1.29, 1.82) is 0 Å². The van der Waals surface area contributed by atoms with Crippen LogP contribution >= 0.6 is 7.82 Å². The molecule has 0 spiro atoms. The summed E-state index contributed by atoms with van der Waals surface area (Å²) in [4.78, 5) is 25.6. The van der Waals surface area contributed by atoms with Gasteiger partial charge in [-0.05, 0) is 122 Å². The predicted octanol–water partition coefficient (Wildman–Crippen LogP) is 21.1. The fraction of sp³-hybridized carbons (Fsp3) is 0.640. The smallest absolute Gasteiger partial charge is 0.268 e. The molecular formula is C75H127N2O6P. The lowest BCUT2D eigenvalue weighted by Gasteiger charge is -2.29. The molecule has 0 rings (SSSR count). The van der Waals surface area contributed by atoms with E-state index in [9.17, 15) is 19.4 Å². The number of likely N-dealkylation sites (N-methyl/N-ethyl adjacent to an activating group) is 1. The number of phosphoric acid groups is 1. The first-order valence-corrected chi connectivity index (χ1v) is 35.3. The van der Waals surface area contributed by atoms with Crippen LogP contribution in [0.5, 0.6) is 0 Å². The standard InChI is InChI=1S/C75H127N2O6P/c1-6-8-10-12-14-16-18-20-22-24-26-28-30-32-34-36-37-38-39-41-43-45-47-49-51-53-55-57-59-61-63-65-67-69-75(79)76-73(72-83-84(80,81)82-71-70-77(3,4)5)74(78)68-66-64-62-60-58-56-54-52-50-48-46-44-42-40-35-33-31-29-27-25-23-21-19-17-15-13-11-9-7-2/h8,10,14,16,20,22,26,28,32,34,37-38,41,43,47,49-50,52-53,55,58-61,66,68,73-74,78H,6-7,9,11-13,15,17-19,21,23-25,27,29-31,33,35-36,39-40,42,44-46,48,51,54,56-57,62-65,67,69-72H2,1-5H3,(H-,76,79,80,81)/b10-8-,16-14-,22-20-,28-26-,34-32-,38-37-,43-41-,49-47-,52-50+,55-53-,60-58+,61-59-,68-66+. The fourth-order valence-corrected chi connectivity index (χ4v) is 9.70. The lowest BCUT2D eigenvalue weighted by atomic mass is 10.0. The first kappa shape index (κ1) is 80.1. The lowest BCUT2D eigenvalue weighted by molar-refractivity contribution is -0.870. The SMILES string of the molecule is CC/C=C\C/C=C\C/C=C\C/C=C\C/C=C\C/C=C\C/C=C\C/C=C\C/C=C\C/C=C\CCCCC(=O)NC(COP(=O)([O-])OCC[N+](C)(C)C)C(O)/C=C/CC/C=C/CC/C=C/CCCCCCCCCCCCCCCCCCCCC. The van der Waals surface area contributed by atoms with Gasteiger partial charge >= 0.3 is 0 Å². The van der Waals surface area contributed by atoms with Crippen LogP contribution in [0.4, 0.5) is 0 Å². The van der Waals surface area contributed by atoms with Crippen LogP contribution in [-0.4, -0.2) is 68.5 Å². The number of aliphatic hydroxyl groups is 1. The highest BCUT2D eigenvalue weighted by molar-refractivity contribution is 7.45. The zero-order valence-electron chi connectivity index (χ0n) is 54.5. The summed E-state index contributed by atoms with van der Waals surface area (Å²) in [5, 5.41) is 13.9. The van der Waals surface area contributed by atoms with E-state index in [0.717, 1.165) is 96.3 Å². The third-order valence-electron chi connectivity index (χ3n) is 14.2. The van der Waals surface area contributed by atoms with Gasteiger partial charge < -0.3 is 28.8 Å². The first-order valence-electron chi connectivity index (χ1n) is 33.8. The molecule has 0 radical (unpaired) electrons. The van der Waals surface area contributed by atoms with Crippen LogP contribution in [0.15, 0.2) is 158 Å². The molecule has 9 heteroatoms. The van der Waals surface area contributed by atoms with Crippen molar-refractivity contribution >= 4 is 13.7 Å². The third-order valence-corrected chi connectivity index (χ3v) is 15.2. The predicted molar refractivity (Wildman–Crippen MR) is 366 cm³/mol. The first-order chi connectivity index (χ1) is 41.0. The van der Waals surface area contributed by atoms with Crippen molar-refractivity contribution < 1.29 is 32.9 Å². The molecule has 8 nitrogen and oxygen atoms in total. The fourth-order valence-electron chi connectivity index (χ4n) is 8.98. The normalized spacial score (nSPS) is 14.7. The van der Waals surface area contributed by atoms with Crippen LogP contribution in [0.3, 0.4) is 0 Å². The maximum absolute atomic E-state index is 13.0. The number of hydrogen-bond acceptors (Lipinski definition) is 6. The molecule has 0 bridgehead atoms. The molecule has 0 aliphatic rings. The van der Waals surface area contributed by atoms with E-state index in [1.807, 2.05) is 27.2 Å². The molecule has 0 heterocycles. The average Bonchev–Trinajstić information content (AvgIpc) is 3.56. The number of carbonyl (C=O) groups is 1. The van der Waals surface area contributed by atoms with Crippen LogP contribution in [0.25, 0.3) is 0 Å². The second-order valence-electron chi connectivity index (χ2n) is 23.4. The molecule has 3 unspecified atom stereocenters. The van der Waals surface area contributed by atoms with E-state index in [0.29, 0.717) is 23.9 Å². The number of aliphatic hydroxyl groups excluding tert-OH is 1. The Balaban J connectivity index is 4.33. The van der Waals surface area contributed by atoms with Gasteiger partial charge in [0.1, 0.15) is 13.2 Å². The molecule has 0 aromatic heterocycles. The number of nitrogens with zero attached hydrogens (tertiary/aromatic N) is 1. The number of carbonyl (C=O) groups excluding carboxylic acids is 1. The maximum atomic E-state index is 13.0. The van der Waals surface area contributed by atoms with Gasteiger partial charge in [-0.3, -0.25) is 9.36 Å². The van der Waals surface area contributed by atoms with E-state index in [1.54, 1.807) is 6.08 Å². The molecule has 478 valence electrons. The second-order valence-corrected chi connectivity index (χ2v) is 24.8. The van der Waals surface area contributed by atoms with Crippen LogP contribution in [-0.2, 0) is 18.4 Å². The van der Waals surface area contributed by atoms with Crippen molar-refractivity contribution in [2.75, 3.05) is 40.9 Å². The molecule has 0 saturated carbocycles. The Kier molecular flexibility index (Phi) is 60.7. The average molecular weight is 1180 g/mol. The number of quaternary nitrogens is 1. The molecule has 0 fully saturated rings. The second kappa shape index (κ2) is 63.6. The molecule has 0 saturated heterocycles. The Bertz CT molecular complexity index is 1930. The van der Waals surface area contributed by atoms with Crippen molar-refractivity contribution in [1.82, 2.24) is 5.32 Å². The lowest BCUT2D eigenvalue weighted by Crippen LogP contribution is -2.45. The molecule has 0 aliphatic carbocycles. The number of unbranched alkanes of at least 4 members (excludes halogenated alkanes) is 23. The zero-order chi connectivity index (χ0) is 61.2. The monoisotopic (exact) mass is 1180 g/mol. The summed E-state index contributed by atoms with van der Waals surface area (Å²) in [6.45, 7) is 4.47. The summed E-state index contributed by atoms with van der Waals surface area (Å²) in [7, 11) is 1.18. The molecule has 1 amide bonds. The van der Waals surface area contributed by atoms with Crippen molar-refractivity contribution in [3.05, 3.63) is 158 Å². The van der Waals surface area contributed by atoms with Crippen LogP contribution < -0.4 is 10.2 Å². The summed E-state index contributed by atoms with van der Waals surface area (Å²) in [5.41, 5.74) is 0. The Morgan fingerprint density at radius 1 is 0.429 bits per heavy atom.